The Morgan fingerprint density at radius 1 is 0.278 bits per heavy atom. The van der Waals surface area contributed by atoms with Crippen LogP contribution in [-0.2, 0) is 65.4 Å². The average Bonchev–Trinajstić information content (AvgIpc) is 1.16. The fraction of sp³-hybridized carbons (Fsp3) is 0.949. The van der Waals surface area contributed by atoms with E-state index in [1.54, 1.807) is 0 Å². The van der Waals surface area contributed by atoms with Crippen molar-refractivity contribution in [3.63, 3.8) is 0 Å². The van der Waals surface area contributed by atoms with Gasteiger partial charge in [0.05, 0.1) is 26.4 Å². The van der Waals surface area contributed by atoms with Crippen LogP contribution in [0.5, 0.6) is 0 Å². The minimum Gasteiger partial charge on any atom is -0.462 e. The standard InChI is InChI=1S/C78H152O17P2/c1-7-9-11-13-15-17-19-21-23-24-25-26-27-28-29-31-33-37-43-50-56-62-77(82)94-73(66-88-75(80)60-54-48-42-36-32-30-22-20-18-16-14-12-10-8-2)68-92-96(84,85)90-64-72(79)65-91-97(86,87)93-69-74(67-89-76(81)61-55-49-45-39-41-47-53-59-71(5)6)95-78(83)63-57-51-44-38-34-35-40-46-52-58-70(3)4/h70-74,79H,7-69H2,1-6H3,(H,84,85)(H,86,87)/t72-,73-,74-/m1/s1. The van der Waals surface area contributed by atoms with E-state index in [9.17, 15) is 43.2 Å². The normalized spacial score (nSPS) is 14.0. The van der Waals surface area contributed by atoms with Crippen LogP contribution in [0.3, 0.4) is 0 Å². The van der Waals surface area contributed by atoms with E-state index in [4.69, 9.17) is 37.0 Å². The summed E-state index contributed by atoms with van der Waals surface area (Å²) in [5, 5.41) is 10.6. The highest BCUT2D eigenvalue weighted by molar-refractivity contribution is 7.47. The van der Waals surface area contributed by atoms with E-state index in [1.807, 2.05) is 0 Å². The maximum absolute atomic E-state index is 13.1. The van der Waals surface area contributed by atoms with Gasteiger partial charge in [0, 0.05) is 25.7 Å². The van der Waals surface area contributed by atoms with Gasteiger partial charge in [0.1, 0.15) is 19.3 Å². The lowest BCUT2D eigenvalue weighted by atomic mass is 10.0. The molecule has 2 unspecified atom stereocenters. The minimum absolute atomic E-state index is 0.105. The quantitative estimate of drug-likeness (QED) is 0.0222. The smallest absolute Gasteiger partial charge is 0.462 e. The van der Waals surface area contributed by atoms with Crippen molar-refractivity contribution in [2.75, 3.05) is 39.6 Å². The van der Waals surface area contributed by atoms with Gasteiger partial charge in [0.25, 0.3) is 0 Å². The SMILES string of the molecule is CCCCCCCCCCCCCCCCCCCCCCCC(=O)O[C@H](COC(=O)CCCCCCCCCCCCCCCC)COP(=O)(O)OC[C@@H](O)COP(=O)(O)OC[C@@H](COC(=O)CCCCCCCCCC(C)C)OC(=O)CCCCCCCCCCCC(C)C. The Hall–Kier alpha value is -1.94. The Morgan fingerprint density at radius 2 is 0.474 bits per heavy atom. The summed E-state index contributed by atoms with van der Waals surface area (Å²) in [6, 6.07) is 0. The Morgan fingerprint density at radius 3 is 0.701 bits per heavy atom. The molecular formula is C78H152O17P2. The van der Waals surface area contributed by atoms with Crippen molar-refractivity contribution in [3.05, 3.63) is 0 Å². The molecule has 17 nitrogen and oxygen atoms in total. The molecule has 5 atom stereocenters. The van der Waals surface area contributed by atoms with Crippen LogP contribution in [0.4, 0.5) is 0 Å². The second kappa shape index (κ2) is 69.8. The maximum Gasteiger partial charge on any atom is 0.472 e. The lowest BCUT2D eigenvalue weighted by Gasteiger charge is -2.21. The number of ether oxygens (including phenoxy) is 4. The van der Waals surface area contributed by atoms with Crippen LogP contribution in [0.1, 0.15) is 408 Å². The van der Waals surface area contributed by atoms with Crippen LogP contribution in [0.2, 0.25) is 0 Å². The first-order valence-electron chi connectivity index (χ1n) is 40.5. The number of aliphatic hydroxyl groups is 1. The molecule has 0 saturated carbocycles. The van der Waals surface area contributed by atoms with E-state index in [1.165, 1.54) is 218 Å². The molecule has 0 spiro atoms. The third kappa shape index (κ3) is 72.2. The number of phosphoric acid groups is 2. The molecule has 19 heteroatoms. The van der Waals surface area contributed by atoms with E-state index in [0.29, 0.717) is 31.6 Å². The van der Waals surface area contributed by atoms with Gasteiger partial charge in [0.15, 0.2) is 12.2 Å². The molecule has 0 aliphatic heterocycles. The first-order chi connectivity index (χ1) is 46.9. The van der Waals surface area contributed by atoms with Crippen LogP contribution in [0, 0.1) is 11.8 Å². The molecule has 0 radical (unpaired) electrons. The molecule has 0 aliphatic carbocycles. The lowest BCUT2D eigenvalue weighted by Crippen LogP contribution is -2.30. The largest absolute Gasteiger partial charge is 0.472 e. The van der Waals surface area contributed by atoms with Crippen LogP contribution in [0.25, 0.3) is 0 Å². The fourth-order valence-electron chi connectivity index (χ4n) is 12.0. The summed E-state index contributed by atoms with van der Waals surface area (Å²) >= 11 is 0. The zero-order chi connectivity index (χ0) is 71.4. The van der Waals surface area contributed by atoms with Crippen molar-refractivity contribution in [1.82, 2.24) is 0 Å². The van der Waals surface area contributed by atoms with Crippen LogP contribution >= 0.6 is 15.6 Å². The second-order valence-electron chi connectivity index (χ2n) is 29.1. The van der Waals surface area contributed by atoms with Gasteiger partial charge in [-0.05, 0) is 37.5 Å². The highest BCUT2D eigenvalue weighted by Gasteiger charge is 2.30. The van der Waals surface area contributed by atoms with Gasteiger partial charge in [-0.15, -0.1) is 0 Å². The molecule has 0 heterocycles. The molecule has 576 valence electrons. The van der Waals surface area contributed by atoms with E-state index >= 15 is 0 Å². The summed E-state index contributed by atoms with van der Waals surface area (Å²) in [5.41, 5.74) is 0. The Labute approximate surface area is 594 Å². The number of unbranched alkanes of at least 4 members (excludes halogenated alkanes) is 47. The van der Waals surface area contributed by atoms with Gasteiger partial charge in [-0.25, -0.2) is 9.13 Å². The first-order valence-corrected chi connectivity index (χ1v) is 43.5. The van der Waals surface area contributed by atoms with Gasteiger partial charge in [-0.1, -0.05) is 356 Å². The molecule has 0 aliphatic rings. The molecule has 0 rings (SSSR count). The van der Waals surface area contributed by atoms with Crippen molar-refractivity contribution >= 4 is 39.5 Å². The summed E-state index contributed by atoms with van der Waals surface area (Å²) in [6.45, 7) is 9.53. The van der Waals surface area contributed by atoms with Crippen molar-refractivity contribution in [2.24, 2.45) is 11.8 Å². The number of aliphatic hydroxyl groups excluding tert-OH is 1. The number of esters is 4. The zero-order valence-electron chi connectivity index (χ0n) is 63.4. The van der Waals surface area contributed by atoms with E-state index < -0.39 is 97.5 Å². The lowest BCUT2D eigenvalue weighted by molar-refractivity contribution is -0.161. The van der Waals surface area contributed by atoms with Crippen molar-refractivity contribution in [1.29, 1.82) is 0 Å². The molecule has 0 amide bonds. The maximum atomic E-state index is 13.1. The van der Waals surface area contributed by atoms with Gasteiger partial charge in [-0.2, -0.15) is 0 Å². The molecule has 3 N–H and O–H groups in total. The number of rotatable bonds is 77. The number of carbonyl (C=O) groups excluding carboxylic acids is 4. The molecule has 0 fully saturated rings. The summed E-state index contributed by atoms with van der Waals surface area (Å²) in [5.74, 6) is -0.674. The molecule has 0 bridgehead atoms. The van der Waals surface area contributed by atoms with Gasteiger partial charge < -0.3 is 33.8 Å². The molecular weight excluding hydrogens is 1270 g/mol. The summed E-state index contributed by atoms with van der Waals surface area (Å²) < 4.78 is 68.6. The number of hydrogen-bond acceptors (Lipinski definition) is 15. The van der Waals surface area contributed by atoms with Crippen molar-refractivity contribution in [2.45, 2.75) is 426 Å². The Balaban J connectivity index is 5.21. The van der Waals surface area contributed by atoms with E-state index in [2.05, 4.69) is 41.5 Å². The highest BCUT2D eigenvalue weighted by atomic mass is 31.2. The van der Waals surface area contributed by atoms with Crippen LogP contribution in [-0.4, -0.2) is 96.7 Å². The predicted molar refractivity (Wildman–Crippen MR) is 395 cm³/mol. The highest BCUT2D eigenvalue weighted by Crippen LogP contribution is 2.45. The fourth-order valence-corrected chi connectivity index (χ4v) is 13.6. The summed E-state index contributed by atoms with van der Waals surface area (Å²) in [4.78, 5) is 72.8. The molecule has 0 aromatic heterocycles. The summed E-state index contributed by atoms with van der Waals surface area (Å²) in [6.07, 6.45) is 58.5. The van der Waals surface area contributed by atoms with Crippen LogP contribution < -0.4 is 0 Å². The molecule has 0 aromatic carbocycles. The number of phosphoric ester groups is 2. The molecule has 97 heavy (non-hydrogen) atoms. The van der Waals surface area contributed by atoms with E-state index in [-0.39, 0.29) is 25.7 Å². The molecule has 0 saturated heterocycles. The molecule has 0 aromatic rings. The number of carbonyl (C=O) groups is 4. The topological polar surface area (TPSA) is 237 Å². The van der Waals surface area contributed by atoms with Crippen molar-refractivity contribution < 1.29 is 80.2 Å². The Bertz CT molecular complexity index is 1870. The second-order valence-corrected chi connectivity index (χ2v) is 32.0. The predicted octanol–water partition coefficient (Wildman–Crippen LogP) is 23.1. The monoisotopic (exact) mass is 1420 g/mol. The van der Waals surface area contributed by atoms with Gasteiger partial charge in [-0.3, -0.25) is 37.3 Å². The third-order valence-corrected chi connectivity index (χ3v) is 20.1. The summed E-state index contributed by atoms with van der Waals surface area (Å²) in [7, 11) is -9.91. The average molecular weight is 1420 g/mol. The van der Waals surface area contributed by atoms with Crippen molar-refractivity contribution in [3.8, 4) is 0 Å². The zero-order valence-corrected chi connectivity index (χ0v) is 65.2. The minimum atomic E-state index is -4.96. The van der Waals surface area contributed by atoms with Crippen LogP contribution in [0.15, 0.2) is 0 Å². The van der Waals surface area contributed by atoms with E-state index in [0.717, 1.165) is 102 Å². The van der Waals surface area contributed by atoms with Gasteiger partial charge >= 0.3 is 39.5 Å². The number of hydrogen-bond donors (Lipinski definition) is 3. The van der Waals surface area contributed by atoms with Gasteiger partial charge in [0.2, 0.25) is 0 Å². The Kier molecular flexibility index (Phi) is 68.4. The first kappa shape index (κ1) is 95.1. The third-order valence-electron chi connectivity index (χ3n) is 18.2.